The first kappa shape index (κ1) is 14.3. The van der Waals surface area contributed by atoms with Crippen molar-refractivity contribution < 1.29 is 9.13 Å². The summed E-state index contributed by atoms with van der Waals surface area (Å²) in [5.74, 6) is 0.391. The van der Waals surface area contributed by atoms with Crippen LogP contribution in [-0.2, 0) is 6.54 Å². The van der Waals surface area contributed by atoms with Gasteiger partial charge in [-0.05, 0) is 24.8 Å². The molecule has 0 bridgehead atoms. The molecule has 1 aliphatic carbocycles. The summed E-state index contributed by atoms with van der Waals surface area (Å²) in [6.07, 6.45) is 6.53. The molecule has 106 valence electrons. The van der Waals surface area contributed by atoms with Crippen LogP contribution in [0.3, 0.4) is 0 Å². The molecule has 1 N–H and O–H groups in total. The number of nitrogens with zero attached hydrogens (tertiary/aromatic N) is 1. The Morgan fingerprint density at radius 3 is 2.84 bits per heavy atom. The molecule has 0 spiro atoms. The van der Waals surface area contributed by atoms with Gasteiger partial charge in [-0.15, -0.1) is 0 Å². The summed E-state index contributed by atoms with van der Waals surface area (Å²) in [4.78, 5) is 4.00. The summed E-state index contributed by atoms with van der Waals surface area (Å²) in [6, 6.07) is 2.03. The average Bonchev–Trinajstić information content (AvgIpc) is 2.89. The van der Waals surface area contributed by atoms with E-state index in [1.807, 2.05) is 13.8 Å². The zero-order valence-corrected chi connectivity index (χ0v) is 11.8. The van der Waals surface area contributed by atoms with E-state index in [1.54, 1.807) is 12.3 Å². The highest BCUT2D eigenvalue weighted by atomic mass is 19.1. The van der Waals surface area contributed by atoms with E-state index < -0.39 is 0 Å². The standard InChI is InChI=1S/C15H23FN2O/c1-11(2)18-9-13-7-8-17-15(14(13)16)19-10-12-5-3-4-6-12/h7-8,11-12,18H,3-6,9-10H2,1-2H3. The molecule has 0 atom stereocenters. The minimum absolute atomic E-state index is 0.148. The molecule has 1 heterocycles. The van der Waals surface area contributed by atoms with Crippen LogP contribution in [0.25, 0.3) is 0 Å². The smallest absolute Gasteiger partial charge is 0.250 e. The Hall–Kier alpha value is -1.16. The highest BCUT2D eigenvalue weighted by molar-refractivity contribution is 5.23. The number of pyridine rings is 1. The van der Waals surface area contributed by atoms with Crippen LogP contribution in [0.4, 0.5) is 4.39 Å². The summed E-state index contributed by atoms with van der Waals surface area (Å²) in [7, 11) is 0. The Bertz CT molecular complexity index is 403. The minimum atomic E-state index is -0.325. The molecular weight excluding hydrogens is 243 g/mol. The molecule has 0 amide bonds. The van der Waals surface area contributed by atoms with Crippen LogP contribution < -0.4 is 10.1 Å². The summed E-state index contributed by atoms with van der Waals surface area (Å²) in [5.41, 5.74) is 0.616. The van der Waals surface area contributed by atoms with Gasteiger partial charge in [-0.25, -0.2) is 9.37 Å². The molecule has 1 saturated carbocycles. The summed E-state index contributed by atoms with van der Waals surface area (Å²) >= 11 is 0. The molecule has 1 aromatic heterocycles. The van der Waals surface area contributed by atoms with Crippen LogP contribution in [0, 0.1) is 11.7 Å². The van der Waals surface area contributed by atoms with Crippen molar-refractivity contribution >= 4 is 0 Å². The van der Waals surface area contributed by atoms with E-state index >= 15 is 0 Å². The van der Waals surface area contributed by atoms with Crippen molar-refractivity contribution in [1.29, 1.82) is 0 Å². The molecule has 1 aliphatic rings. The third-order valence-electron chi connectivity index (χ3n) is 3.57. The number of ether oxygens (including phenoxy) is 1. The Morgan fingerprint density at radius 1 is 1.42 bits per heavy atom. The van der Waals surface area contributed by atoms with Crippen molar-refractivity contribution in [2.24, 2.45) is 5.92 Å². The lowest BCUT2D eigenvalue weighted by Crippen LogP contribution is -2.22. The molecule has 0 aromatic carbocycles. The average molecular weight is 266 g/mol. The van der Waals surface area contributed by atoms with E-state index in [-0.39, 0.29) is 11.7 Å². The molecule has 2 rings (SSSR count). The molecule has 1 fully saturated rings. The first-order valence-electron chi connectivity index (χ1n) is 7.16. The molecule has 0 saturated heterocycles. The van der Waals surface area contributed by atoms with Gasteiger partial charge in [-0.3, -0.25) is 0 Å². The maximum Gasteiger partial charge on any atom is 0.250 e. The Morgan fingerprint density at radius 2 is 2.16 bits per heavy atom. The quantitative estimate of drug-likeness (QED) is 0.858. The van der Waals surface area contributed by atoms with Gasteiger partial charge in [0.15, 0.2) is 5.82 Å². The highest BCUT2D eigenvalue weighted by Crippen LogP contribution is 2.26. The molecule has 0 radical (unpaired) electrons. The molecule has 1 aromatic rings. The lowest BCUT2D eigenvalue weighted by atomic mass is 10.1. The predicted molar refractivity (Wildman–Crippen MR) is 73.6 cm³/mol. The van der Waals surface area contributed by atoms with Crippen LogP contribution in [0.2, 0.25) is 0 Å². The van der Waals surface area contributed by atoms with Crippen molar-refractivity contribution in [2.75, 3.05) is 6.61 Å². The van der Waals surface area contributed by atoms with Crippen LogP contribution in [0.1, 0.15) is 45.1 Å². The second kappa shape index (κ2) is 6.85. The van der Waals surface area contributed by atoms with Gasteiger partial charge < -0.3 is 10.1 Å². The maximum atomic E-state index is 14.2. The third-order valence-corrected chi connectivity index (χ3v) is 3.57. The SMILES string of the molecule is CC(C)NCc1ccnc(OCC2CCCC2)c1F. The number of nitrogens with one attached hydrogen (secondary N) is 1. The van der Waals surface area contributed by atoms with E-state index in [9.17, 15) is 4.39 Å². The molecule has 19 heavy (non-hydrogen) atoms. The minimum Gasteiger partial charge on any atom is -0.475 e. The number of hydrogen-bond acceptors (Lipinski definition) is 3. The first-order valence-corrected chi connectivity index (χ1v) is 7.16. The molecular formula is C15H23FN2O. The van der Waals surface area contributed by atoms with Gasteiger partial charge in [0.1, 0.15) is 0 Å². The number of rotatable bonds is 6. The summed E-state index contributed by atoms with van der Waals surface area (Å²) < 4.78 is 19.7. The van der Waals surface area contributed by atoms with Gasteiger partial charge >= 0.3 is 0 Å². The molecule has 0 aliphatic heterocycles. The second-order valence-electron chi connectivity index (χ2n) is 5.59. The van der Waals surface area contributed by atoms with E-state index in [2.05, 4.69) is 10.3 Å². The fraction of sp³-hybridized carbons (Fsp3) is 0.667. The predicted octanol–water partition coefficient (Wildman–Crippen LogP) is 3.29. The summed E-state index contributed by atoms with van der Waals surface area (Å²) in [5, 5.41) is 3.20. The lowest BCUT2D eigenvalue weighted by Gasteiger charge is -2.13. The zero-order chi connectivity index (χ0) is 13.7. The van der Waals surface area contributed by atoms with E-state index in [4.69, 9.17) is 4.74 Å². The summed E-state index contributed by atoms with van der Waals surface area (Å²) in [6.45, 7) is 5.17. The van der Waals surface area contributed by atoms with Crippen molar-refractivity contribution in [3.05, 3.63) is 23.6 Å². The fourth-order valence-electron chi connectivity index (χ4n) is 2.39. The van der Waals surface area contributed by atoms with Gasteiger partial charge in [0.2, 0.25) is 0 Å². The van der Waals surface area contributed by atoms with Crippen molar-refractivity contribution in [2.45, 2.75) is 52.1 Å². The van der Waals surface area contributed by atoms with Crippen molar-refractivity contribution in [1.82, 2.24) is 10.3 Å². The van der Waals surface area contributed by atoms with Gasteiger partial charge in [0.05, 0.1) is 6.61 Å². The Balaban J connectivity index is 1.94. The van der Waals surface area contributed by atoms with Crippen LogP contribution in [0.15, 0.2) is 12.3 Å². The second-order valence-corrected chi connectivity index (χ2v) is 5.59. The van der Waals surface area contributed by atoms with Crippen molar-refractivity contribution in [3.8, 4) is 5.88 Å². The largest absolute Gasteiger partial charge is 0.475 e. The van der Waals surface area contributed by atoms with E-state index in [0.717, 1.165) is 0 Å². The molecule has 4 heteroatoms. The van der Waals surface area contributed by atoms with E-state index in [1.165, 1.54) is 25.7 Å². The van der Waals surface area contributed by atoms with E-state index in [0.29, 0.717) is 30.7 Å². The van der Waals surface area contributed by atoms with Gasteiger partial charge in [0, 0.05) is 24.3 Å². The Kier molecular flexibility index (Phi) is 5.14. The number of halogens is 1. The Labute approximate surface area is 114 Å². The highest BCUT2D eigenvalue weighted by Gasteiger charge is 2.17. The van der Waals surface area contributed by atoms with Gasteiger partial charge in [0.25, 0.3) is 5.88 Å². The third kappa shape index (κ3) is 4.16. The van der Waals surface area contributed by atoms with Crippen LogP contribution in [-0.4, -0.2) is 17.6 Å². The molecule has 0 unspecified atom stereocenters. The topological polar surface area (TPSA) is 34.2 Å². The first-order chi connectivity index (χ1) is 9.16. The number of hydrogen-bond donors (Lipinski definition) is 1. The monoisotopic (exact) mass is 266 g/mol. The van der Waals surface area contributed by atoms with Gasteiger partial charge in [-0.2, -0.15) is 0 Å². The fourth-order valence-corrected chi connectivity index (χ4v) is 2.39. The van der Waals surface area contributed by atoms with Crippen LogP contribution >= 0.6 is 0 Å². The number of aromatic nitrogens is 1. The van der Waals surface area contributed by atoms with Crippen LogP contribution in [0.5, 0.6) is 5.88 Å². The normalized spacial score (nSPS) is 16.2. The lowest BCUT2D eigenvalue weighted by molar-refractivity contribution is 0.232. The zero-order valence-electron chi connectivity index (χ0n) is 11.8. The van der Waals surface area contributed by atoms with Gasteiger partial charge in [-0.1, -0.05) is 26.7 Å². The molecule has 3 nitrogen and oxygen atoms in total. The van der Waals surface area contributed by atoms with Crippen molar-refractivity contribution in [3.63, 3.8) is 0 Å². The maximum absolute atomic E-state index is 14.2.